The second-order valence-electron chi connectivity index (χ2n) is 4.52. The monoisotopic (exact) mass is 361 g/mol. The number of esters is 1. The van der Waals surface area contributed by atoms with Crippen molar-refractivity contribution in [1.82, 2.24) is 4.98 Å². The molecule has 1 aromatic heterocycles. The molecule has 0 atom stereocenters. The van der Waals surface area contributed by atoms with Gasteiger partial charge in [0.15, 0.2) is 0 Å². The van der Waals surface area contributed by atoms with Crippen molar-refractivity contribution >= 4 is 29.1 Å². The Hall–Kier alpha value is -1.54. The van der Waals surface area contributed by atoms with Crippen LogP contribution in [0.1, 0.15) is 18.2 Å². The Morgan fingerprint density at radius 2 is 2.00 bits per heavy atom. The third-order valence-corrected chi connectivity index (χ3v) is 4.67. The second-order valence-corrected chi connectivity index (χ2v) is 6.36. The molecule has 3 nitrogen and oxygen atoms in total. The largest absolute Gasteiger partial charge is 0.465 e. The number of thioether (sulfide) groups is 1. The molecule has 0 aliphatic carbocycles. The van der Waals surface area contributed by atoms with Gasteiger partial charge in [-0.05, 0) is 19.1 Å². The van der Waals surface area contributed by atoms with Gasteiger partial charge in [0.1, 0.15) is 5.01 Å². The maximum atomic E-state index is 12.5. The summed E-state index contributed by atoms with van der Waals surface area (Å²) in [6.07, 6.45) is -4.34. The highest BCUT2D eigenvalue weighted by molar-refractivity contribution is 7.99. The molecule has 0 fully saturated rings. The van der Waals surface area contributed by atoms with Crippen LogP contribution in [0.3, 0.4) is 0 Å². The zero-order chi connectivity index (χ0) is 16.9. The molecule has 2 aromatic rings. The van der Waals surface area contributed by atoms with Gasteiger partial charge in [0.25, 0.3) is 0 Å². The van der Waals surface area contributed by atoms with Gasteiger partial charge >= 0.3 is 12.1 Å². The summed E-state index contributed by atoms with van der Waals surface area (Å²) in [4.78, 5) is 15.6. The first-order chi connectivity index (χ1) is 10.9. The molecule has 1 heterocycles. The molecule has 2 rings (SSSR count). The number of benzene rings is 1. The molecule has 0 spiro atoms. The summed E-state index contributed by atoms with van der Waals surface area (Å²) < 4.78 is 42.4. The van der Waals surface area contributed by atoms with Gasteiger partial charge in [-0.1, -0.05) is 12.1 Å². The smallest absolute Gasteiger partial charge is 0.416 e. The topological polar surface area (TPSA) is 39.2 Å². The van der Waals surface area contributed by atoms with E-state index in [1.807, 2.05) is 5.38 Å². The zero-order valence-electron chi connectivity index (χ0n) is 12.2. The quantitative estimate of drug-likeness (QED) is 0.704. The van der Waals surface area contributed by atoms with Crippen LogP contribution in [0.25, 0.3) is 10.6 Å². The number of hydrogen-bond donors (Lipinski definition) is 0. The van der Waals surface area contributed by atoms with E-state index in [1.165, 1.54) is 35.2 Å². The maximum absolute atomic E-state index is 12.5. The van der Waals surface area contributed by atoms with E-state index in [-0.39, 0.29) is 11.7 Å². The highest BCUT2D eigenvalue weighted by Gasteiger charge is 2.30. The fourth-order valence-corrected chi connectivity index (χ4v) is 3.39. The van der Waals surface area contributed by atoms with Gasteiger partial charge in [-0.3, -0.25) is 4.79 Å². The van der Waals surface area contributed by atoms with Crippen molar-refractivity contribution < 1.29 is 22.7 Å². The van der Waals surface area contributed by atoms with Crippen molar-refractivity contribution in [1.29, 1.82) is 0 Å². The molecule has 0 aliphatic rings. The molecule has 8 heteroatoms. The van der Waals surface area contributed by atoms with Gasteiger partial charge in [0.05, 0.1) is 23.6 Å². The van der Waals surface area contributed by atoms with E-state index >= 15 is 0 Å². The molecular formula is C15H14F3NO2S2. The number of carbonyl (C=O) groups excluding carboxylic acids is 1. The maximum Gasteiger partial charge on any atom is 0.416 e. The lowest BCUT2D eigenvalue weighted by Crippen LogP contribution is -2.06. The van der Waals surface area contributed by atoms with Crippen LogP contribution in [-0.4, -0.2) is 23.3 Å². The van der Waals surface area contributed by atoms with E-state index in [9.17, 15) is 18.0 Å². The Kier molecular flexibility index (Phi) is 6.06. The first-order valence-electron chi connectivity index (χ1n) is 6.75. The van der Waals surface area contributed by atoms with Crippen molar-refractivity contribution in [2.24, 2.45) is 0 Å². The minimum atomic E-state index is -4.34. The lowest BCUT2D eigenvalue weighted by atomic mass is 10.1. The number of ether oxygens (including phenoxy) is 1. The van der Waals surface area contributed by atoms with Gasteiger partial charge in [-0.25, -0.2) is 4.98 Å². The molecular weight excluding hydrogens is 347 g/mol. The summed E-state index contributed by atoms with van der Waals surface area (Å²) in [5, 5.41) is 2.50. The van der Waals surface area contributed by atoms with Crippen LogP contribution < -0.4 is 0 Å². The third-order valence-electron chi connectivity index (χ3n) is 2.79. The number of carbonyl (C=O) groups is 1. The van der Waals surface area contributed by atoms with Gasteiger partial charge in [0.2, 0.25) is 0 Å². The normalized spacial score (nSPS) is 11.5. The van der Waals surface area contributed by atoms with Crippen LogP contribution >= 0.6 is 23.1 Å². The number of thiazole rings is 1. The SMILES string of the molecule is CCOC(=O)CSCc1csc(-c2ccc(C(F)(F)F)cc2)n1. The summed E-state index contributed by atoms with van der Waals surface area (Å²) in [6.45, 7) is 2.10. The fraction of sp³-hybridized carbons (Fsp3) is 0.333. The number of rotatable bonds is 6. The Morgan fingerprint density at radius 1 is 1.30 bits per heavy atom. The number of aromatic nitrogens is 1. The van der Waals surface area contributed by atoms with Gasteiger partial charge in [0, 0.05) is 16.7 Å². The van der Waals surface area contributed by atoms with Crippen LogP contribution in [0.15, 0.2) is 29.6 Å². The summed E-state index contributed by atoms with van der Waals surface area (Å²) in [6, 6.07) is 4.92. The molecule has 124 valence electrons. The van der Waals surface area contributed by atoms with E-state index < -0.39 is 11.7 Å². The van der Waals surface area contributed by atoms with Crippen LogP contribution in [0, 0.1) is 0 Å². The highest BCUT2D eigenvalue weighted by Crippen LogP contribution is 2.32. The zero-order valence-corrected chi connectivity index (χ0v) is 13.9. The van der Waals surface area contributed by atoms with Crippen molar-refractivity contribution in [3.63, 3.8) is 0 Å². The molecule has 0 radical (unpaired) electrons. The van der Waals surface area contributed by atoms with Crippen LogP contribution in [0.4, 0.5) is 13.2 Å². The van der Waals surface area contributed by atoms with Gasteiger partial charge < -0.3 is 4.74 Å². The van der Waals surface area contributed by atoms with Gasteiger partial charge in [-0.15, -0.1) is 23.1 Å². The van der Waals surface area contributed by atoms with Crippen LogP contribution in [0.2, 0.25) is 0 Å². The first-order valence-corrected chi connectivity index (χ1v) is 8.79. The average molecular weight is 361 g/mol. The average Bonchev–Trinajstić information content (AvgIpc) is 2.96. The molecule has 0 amide bonds. The summed E-state index contributed by atoms with van der Waals surface area (Å²) >= 11 is 2.75. The minimum absolute atomic E-state index is 0.251. The molecule has 0 N–H and O–H groups in total. The Labute approximate surface area is 139 Å². The summed E-state index contributed by atoms with van der Waals surface area (Å²) in [7, 11) is 0. The van der Waals surface area contributed by atoms with Crippen LogP contribution in [-0.2, 0) is 21.5 Å². The fourth-order valence-electron chi connectivity index (χ4n) is 1.75. The van der Waals surface area contributed by atoms with Crippen molar-refractivity contribution in [3.05, 3.63) is 40.9 Å². The number of nitrogens with zero attached hydrogens (tertiary/aromatic N) is 1. The van der Waals surface area contributed by atoms with Gasteiger partial charge in [-0.2, -0.15) is 13.2 Å². The molecule has 0 saturated carbocycles. The van der Waals surface area contributed by atoms with E-state index in [0.29, 0.717) is 22.9 Å². The summed E-state index contributed by atoms with van der Waals surface area (Å²) in [5.41, 5.74) is 0.756. The second kappa shape index (κ2) is 7.83. The van der Waals surface area contributed by atoms with Crippen molar-refractivity contribution in [2.75, 3.05) is 12.4 Å². The Bertz CT molecular complexity index is 653. The molecule has 23 heavy (non-hydrogen) atoms. The lowest BCUT2D eigenvalue weighted by Gasteiger charge is -2.06. The predicted molar refractivity (Wildman–Crippen MR) is 85.3 cm³/mol. The van der Waals surface area contributed by atoms with E-state index in [4.69, 9.17) is 4.74 Å². The number of hydrogen-bond acceptors (Lipinski definition) is 5. The Morgan fingerprint density at radius 3 is 2.61 bits per heavy atom. The molecule has 0 unspecified atom stereocenters. The van der Waals surface area contributed by atoms with Crippen molar-refractivity contribution in [2.45, 2.75) is 18.9 Å². The minimum Gasteiger partial charge on any atom is -0.465 e. The third kappa shape index (κ3) is 5.24. The molecule has 1 aromatic carbocycles. The Balaban J connectivity index is 1.95. The highest BCUT2D eigenvalue weighted by atomic mass is 32.2. The van der Waals surface area contributed by atoms with Crippen molar-refractivity contribution in [3.8, 4) is 10.6 Å². The molecule has 0 bridgehead atoms. The standard InChI is InChI=1S/C15H14F3NO2S2/c1-2-21-13(20)9-22-7-12-8-23-14(19-12)10-3-5-11(6-4-10)15(16,17)18/h3-6,8H,2,7,9H2,1H3. The van der Waals surface area contributed by atoms with Crippen LogP contribution in [0.5, 0.6) is 0 Å². The van der Waals surface area contributed by atoms with E-state index in [1.54, 1.807) is 6.92 Å². The number of halogens is 3. The lowest BCUT2D eigenvalue weighted by molar-refractivity contribution is -0.140. The van der Waals surface area contributed by atoms with E-state index in [0.717, 1.165) is 17.8 Å². The molecule has 0 saturated heterocycles. The number of alkyl halides is 3. The summed E-state index contributed by atoms with van der Waals surface area (Å²) in [5.74, 6) is 0.535. The van der Waals surface area contributed by atoms with E-state index in [2.05, 4.69) is 4.98 Å². The first kappa shape index (κ1) is 17.8. The predicted octanol–water partition coefficient (Wildman–Crippen LogP) is 4.63. The molecule has 0 aliphatic heterocycles.